The minimum Gasteiger partial charge on any atom is -0.381 e. The number of hydroxylamine groups is 1. The summed E-state index contributed by atoms with van der Waals surface area (Å²) in [7, 11) is -3.87. The second-order valence-corrected chi connectivity index (χ2v) is 9.67. The van der Waals surface area contributed by atoms with Crippen LogP contribution in [-0.4, -0.2) is 54.9 Å². The highest BCUT2D eigenvalue weighted by Gasteiger charge is 2.54. The second kappa shape index (κ2) is 8.68. The average Bonchev–Trinajstić information content (AvgIpc) is 2.73. The molecule has 150 valence electrons. The molecule has 2 aliphatic heterocycles. The molecule has 0 aliphatic carbocycles. The minimum absolute atomic E-state index is 0.0651. The smallest absolute Gasteiger partial charge is 0.266 e. The molecule has 0 aromatic heterocycles. The zero-order valence-corrected chi connectivity index (χ0v) is 16.3. The predicted octanol–water partition coefficient (Wildman–Crippen LogP) is 1.72. The van der Waals surface area contributed by atoms with E-state index < -0.39 is 20.7 Å². The van der Waals surface area contributed by atoms with E-state index in [1.165, 1.54) is 9.87 Å². The Kier molecular flexibility index (Phi) is 6.52. The van der Waals surface area contributed by atoms with Crippen LogP contribution in [0.1, 0.15) is 37.7 Å². The normalized spacial score (nSPS) is 21.7. The molecule has 7 nitrogen and oxygen atoms in total. The van der Waals surface area contributed by atoms with Crippen molar-refractivity contribution in [1.29, 1.82) is 0 Å². The molecule has 1 aromatic carbocycles. The monoisotopic (exact) mass is 396 g/mol. The van der Waals surface area contributed by atoms with Gasteiger partial charge in [0.15, 0.2) is 4.75 Å². The highest BCUT2D eigenvalue weighted by molar-refractivity contribution is 7.91. The van der Waals surface area contributed by atoms with Gasteiger partial charge in [-0.3, -0.25) is 10.0 Å². The van der Waals surface area contributed by atoms with Crippen LogP contribution in [0.25, 0.3) is 0 Å². The van der Waals surface area contributed by atoms with E-state index in [0.717, 1.165) is 25.7 Å². The summed E-state index contributed by atoms with van der Waals surface area (Å²) in [6.07, 6.45) is 3.74. The van der Waals surface area contributed by atoms with E-state index >= 15 is 0 Å². The van der Waals surface area contributed by atoms with Crippen molar-refractivity contribution in [2.75, 3.05) is 26.3 Å². The first-order valence-corrected chi connectivity index (χ1v) is 11.0. The Morgan fingerprint density at radius 1 is 1.19 bits per heavy atom. The van der Waals surface area contributed by atoms with Crippen molar-refractivity contribution < 1.29 is 23.2 Å². The van der Waals surface area contributed by atoms with Crippen LogP contribution in [0.3, 0.4) is 0 Å². The van der Waals surface area contributed by atoms with Gasteiger partial charge in [-0.25, -0.2) is 18.2 Å². The fourth-order valence-electron chi connectivity index (χ4n) is 4.11. The number of piperidine rings is 1. The van der Waals surface area contributed by atoms with Gasteiger partial charge in [0.1, 0.15) is 0 Å². The van der Waals surface area contributed by atoms with Crippen molar-refractivity contribution in [3.63, 3.8) is 0 Å². The molecule has 2 aliphatic rings. The molecule has 0 spiro atoms. The van der Waals surface area contributed by atoms with Crippen molar-refractivity contribution in [3.05, 3.63) is 35.9 Å². The maximum Gasteiger partial charge on any atom is 0.266 e. The Balaban J connectivity index is 1.62. The van der Waals surface area contributed by atoms with Gasteiger partial charge in [0.05, 0.1) is 0 Å². The van der Waals surface area contributed by atoms with E-state index in [1.807, 2.05) is 18.2 Å². The maximum absolute atomic E-state index is 13.2. The molecule has 3 rings (SSSR count). The number of carbonyl (C=O) groups is 1. The van der Waals surface area contributed by atoms with Gasteiger partial charge in [-0.1, -0.05) is 30.3 Å². The molecule has 2 N–H and O–H groups in total. The quantitative estimate of drug-likeness (QED) is 0.564. The molecule has 1 aromatic rings. The van der Waals surface area contributed by atoms with Gasteiger partial charge in [-0.15, -0.1) is 0 Å². The molecule has 2 heterocycles. The molecule has 0 saturated carbocycles. The average molecular weight is 397 g/mol. The molecule has 2 fully saturated rings. The zero-order valence-electron chi connectivity index (χ0n) is 15.5. The Labute approximate surface area is 160 Å². The number of carbonyl (C=O) groups excluding carboxylic acids is 1. The zero-order chi connectivity index (χ0) is 19.3. The predicted molar refractivity (Wildman–Crippen MR) is 101 cm³/mol. The van der Waals surface area contributed by atoms with E-state index in [1.54, 1.807) is 5.48 Å². The maximum atomic E-state index is 13.2. The summed E-state index contributed by atoms with van der Waals surface area (Å²) in [4.78, 5) is 12.3. The van der Waals surface area contributed by atoms with E-state index in [2.05, 4.69) is 12.1 Å². The van der Waals surface area contributed by atoms with Crippen LogP contribution in [-0.2, 0) is 26.0 Å². The van der Waals surface area contributed by atoms with Crippen LogP contribution in [0.5, 0.6) is 0 Å². The van der Waals surface area contributed by atoms with Crippen molar-refractivity contribution in [2.45, 2.75) is 43.3 Å². The van der Waals surface area contributed by atoms with Crippen LogP contribution in [0.4, 0.5) is 0 Å². The highest BCUT2D eigenvalue weighted by atomic mass is 32.2. The van der Waals surface area contributed by atoms with Crippen LogP contribution in [0.2, 0.25) is 0 Å². The summed E-state index contributed by atoms with van der Waals surface area (Å²) in [5, 5.41) is 9.11. The largest absolute Gasteiger partial charge is 0.381 e. The van der Waals surface area contributed by atoms with Gasteiger partial charge in [0, 0.05) is 39.1 Å². The minimum atomic E-state index is -3.87. The van der Waals surface area contributed by atoms with Gasteiger partial charge in [-0.2, -0.15) is 0 Å². The van der Waals surface area contributed by atoms with Crippen molar-refractivity contribution >= 4 is 15.9 Å². The molecule has 0 bridgehead atoms. The van der Waals surface area contributed by atoms with Gasteiger partial charge in [0.25, 0.3) is 5.91 Å². The number of nitrogens with zero attached hydrogens (tertiary/aromatic N) is 1. The highest BCUT2D eigenvalue weighted by Crippen LogP contribution is 2.35. The van der Waals surface area contributed by atoms with Crippen LogP contribution >= 0.6 is 0 Å². The Hall–Kier alpha value is -1.48. The fourth-order valence-corrected chi connectivity index (χ4v) is 6.25. The fraction of sp³-hybridized carbons (Fsp3) is 0.632. The summed E-state index contributed by atoms with van der Waals surface area (Å²) < 4.78 is 31.6. The number of rotatable bonds is 6. The Morgan fingerprint density at radius 2 is 1.81 bits per heavy atom. The molecule has 0 atom stereocenters. The van der Waals surface area contributed by atoms with Gasteiger partial charge in [0.2, 0.25) is 10.0 Å². The number of aryl methyl sites for hydroxylation is 1. The third-order valence-electron chi connectivity index (χ3n) is 5.91. The molecule has 0 radical (unpaired) electrons. The summed E-state index contributed by atoms with van der Waals surface area (Å²) >= 11 is 0. The number of ether oxygens (including phenoxy) is 1. The summed E-state index contributed by atoms with van der Waals surface area (Å²) in [5.41, 5.74) is 2.87. The lowest BCUT2D eigenvalue weighted by Gasteiger charge is -2.40. The number of hydrogen-bond donors (Lipinski definition) is 2. The van der Waals surface area contributed by atoms with Crippen molar-refractivity contribution in [2.24, 2.45) is 5.92 Å². The SMILES string of the molecule is O=C(NO)C1(S(=O)(=O)N2CCC(CCc3ccccc3)CC2)CCOCC1. The van der Waals surface area contributed by atoms with E-state index in [4.69, 9.17) is 9.94 Å². The molecule has 27 heavy (non-hydrogen) atoms. The standard InChI is InChI=1S/C19H28N2O5S/c22-18(20-23)19(10-14-26-15-11-19)27(24,25)21-12-8-17(9-13-21)7-6-16-4-2-1-3-5-16/h1-5,17,23H,6-15H2,(H,20,22). The first-order valence-electron chi connectivity index (χ1n) is 9.55. The Morgan fingerprint density at radius 3 is 2.41 bits per heavy atom. The number of sulfonamides is 1. The third kappa shape index (κ3) is 4.18. The van der Waals surface area contributed by atoms with Gasteiger partial charge in [-0.05, 0) is 37.2 Å². The molecule has 2 saturated heterocycles. The summed E-state index contributed by atoms with van der Waals surface area (Å²) in [6.45, 7) is 1.23. The van der Waals surface area contributed by atoms with E-state index in [9.17, 15) is 13.2 Å². The van der Waals surface area contributed by atoms with E-state index in [-0.39, 0.29) is 26.1 Å². The van der Waals surface area contributed by atoms with Crippen LogP contribution in [0, 0.1) is 5.92 Å². The lowest BCUT2D eigenvalue weighted by Crippen LogP contribution is -2.60. The second-order valence-electron chi connectivity index (χ2n) is 7.42. The van der Waals surface area contributed by atoms with Crippen molar-refractivity contribution in [1.82, 2.24) is 9.79 Å². The van der Waals surface area contributed by atoms with Crippen LogP contribution < -0.4 is 5.48 Å². The molecule has 1 amide bonds. The topological polar surface area (TPSA) is 95.9 Å². The number of benzene rings is 1. The molecule has 0 unspecified atom stereocenters. The summed E-state index contributed by atoms with van der Waals surface area (Å²) in [5.74, 6) is -0.369. The van der Waals surface area contributed by atoms with Gasteiger partial charge < -0.3 is 4.74 Å². The summed E-state index contributed by atoms with van der Waals surface area (Å²) in [6, 6.07) is 10.3. The number of hydrogen-bond acceptors (Lipinski definition) is 5. The van der Waals surface area contributed by atoms with E-state index in [0.29, 0.717) is 19.0 Å². The lowest BCUT2D eigenvalue weighted by atomic mass is 9.91. The number of amides is 1. The lowest BCUT2D eigenvalue weighted by molar-refractivity contribution is -0.134. The molecular weight excluding hydrogens is 368 g/mol. The number of nitrogens with one attached hydrogen (secondary N) is 1. The van der Waals surface area contributed by atoms with Crippen molar-refractivity contribution in [3.8, 4) is 0 Å². The Bertz CT molecular complexity index is 724. The third-order valence-corrected chi connectivity index (χ3v) is 8.53. The van der Waals surface area contributed by atoms with Gasteiger partial charge >= 0.3 is 0 Å². The first-order chi connectivity index (χ1) is 13.0. The molecule has 8 heteroatoms. The molecular formula is C19H28N2O5S. The van der Waals surface area contributed by atoms with Crippen LogP contribution in [0.15, 0.2) is 30.3 Å². The first kappa shape index (κ1) is 20.3.